The van der Waals surface area contributed by atoms with Gasteiger partial charge in [-0.3, -0.25) is 4.79 Å². The van der Waals surface area contributed by atoms with Crippen molar-refractivity contribution in [2.24, 2.45) is 0 Å². The lowest BCUT2D eigenvalue weighted by Gasteiger charge is -2.26. The van der Waals surface area contributed by atoms with E-state index in [9.17, 15) is 18.0 Å². The van der Waals surface area contributed by atoms with Crippen LogP contribution in [0.15, 0.2) is 23.1 Å². The van der Waals surface area contributed by atoms with Crippen LogP contribution < -0.4 is 5.32 Å². The van der Waals surface area contributed by atoms with Crippen LogP contribution in [0.3, 0.4) is 0 Å². The summed E-state index contributed by atoms with van der Waals surface area (Å²) in [6.07, 6.45) is 0. The van der Waals surface area contributed by atoms with Crippen molar-refractivity contribution in [3.63, 3.8) is 0 Å². The van der Waals surface area contributed by atoms with Gasteiger partial charge in [0.1, 0.15) is 0 Å². The number of halogens is 1. The molecule has 0 aromatic heterocycles. The van der Waals surface area contributed by atoms with Crippen LogP contribution in [0.25, 0.3) is 0 Å². The zero-order valence-electron chi connectivity index (χ0n) is 14.5. The zero-order valence-corrected chi connectivity index (χ0v) is 16.1. The number of nitrogens with one attached hydrogen (secondary N) is 1. The topological polar surface area (TPSA) is 102 Å². The Hall–Kier alpha value is -1.68. The SMILES string of the molecule is CC(C)NC(=O)COC(=O)c1cc(S(=O)(=O)N2CCOCC2)ccc1Cl. The molecule has 0 unspecified atom stereocenters. The molecule has 1 amide bonds. The van der Waals surface area contributed by atoms with Gasteiger partial charge in [-0.2, -0.15) is 4.31 Å². The second-order valence-electron chi connectivity index (χ2n) is 5.96. The Kier molecular flexibility index (Phi) is 6.99. The molecule has 1 N–H and O–H groups in total. The van der Waals surface area contributed by atoms with Crippen LogP contribution in [0.5, 0.6) is 0 Å². The fourth-order valence-corrected chi connectivity index (χ4v) is 3.96. The van der Waals surface area contributed by atoms with Crippen LogP contribution in [-0.2, 0) is 24.3 Å². The molecule has 0 atom stereocenters. The average molecular weight is 405 g/mol. The van der Waals surface area contributed by atoms with Crippen molar-refractivity contribution in [1.29, 1.82) is 0 Å². The summed E-state index contributed by atoms with van der Waals surface area (Å²) >= 11 is 6.00. The van der Waals surface area contributed by atoms with Gasteiger partial charge >= 0.3 is 5.97 Å². The molecule has 1 heterocycles. The minimum absolute atomic E-state index is 0.0418. The summed E-state index contributed by atoms with van der Waals surface area (Å²) in [6, 6.07) is 3.72. The van der Waals surface area contributed by atoms with E-state index in [0.29, 0.717) is 13.2 Å². The van der Waals surface area contributed by atoms with Crippen LogP contribution >= 0.6 is 11.6 Å². The standard InChI is InChI=1S/C16H21ClN2O6S/c1-11(2)18-15(20)10-25-16(21)13-9-12(3-4-14(13)17)26(22,23)19-5-7-24-8-6-19/h3-4,9,11H,5-8,10H2,1-2H3,(H,18,20). The van der Waals surface area contributed by atoms with Crippen LogP contribution in [-0.4, -0.2) is 63.6 Å². The third-order valence-corrected chi connectivity index (χ3v) is 5.77. The molecule has 1 aromatic rings. The Morgan fingerprint density at radius 1 is 1.31 bits per heavy atom. The molecule has 144 valence electrons. The van der Waals surface area contributed by atoms with Gasteiger partial charge in [0.2, 0.25) is 10.0 Å². The summed E-state index contributed by atoms with van der Waals surface area (Å²) in [5, 5.41) is 2.62. The van der Waals surface area contributed by atoms with E-state index in [0.717, 1.165) is 6.07 Å². The van der Waals surface area contributed by atoms with Crippen LogP contribution in [0, 0.1) is 0 Å². The second kappa shape index (κ2) is 8.81. The first-order chi connectivity index (χ1) is 12.2. The smallest absolute Gasteiger partial charge is 0.340 e. The quantitative estimate of drug-likeness (QED) is 0.711. The van der Waals surface area contributed by atoms with Gasteiger partial charge in [-0.1, -0.05) is 11.6 Å². The fraction of sp³-hybridized carbons (Fsp3) is 0.500. The van der Waals surface area contributed by atoms with Crippen molar-refractivity contribution in [3.8, 4) is 0 Å². The molecule has 8 nitrogen and oxygen atoms in total. The number of benzene rings is 1. The van der Waals surface area contributed by atoms with E-state index < -0.39 is 28.5 Å². The molecule has 1 aliphatic heterocycles. The highest BCUT2D eigenvalue weighted by molar-refractivity contribution is 7.89. The van der Waals surface area contributed by atoms with Crippen LogP contribution in [0.4, 0.5) is 0 Å². The number of ether oxygens (including phenoxy) is 2. The first-order valence-electron chi connectivity index (χ1n) is 8.05. The lowest BCUT2D eigenvalue weighted by molar-refractivity contribution is -0.124. The number of rotatable bonds is 6. The number of carbonyl (C=O) groups is 2. The molecule has 10 heteroatoms. The molecule has 26 heavy (non-hydrogen) atoms. The van der Waals surface area contributed by atoms with Crippen LogP contribution in [0.1, 0.15) is 24.2 Å². The van der Waals surface area contributed by atoms with Crippen molar-refractivity contribution >= 4 is 33.5 Å². The average Bonchev–Trinajstić information content (AvgIpc) is 2.60. The van der Waals surface area contributed by atoms with Gasteiger partial charge < -0.3 is 14.8 Å². The Labute approximate surface area is 157 Å². The van der Waals surface area contributed by atoms with E-state index >= 15 is 0 Å². The Bertz CT molecular complexity index is 775. The van der Waals surface area contributed by atoms with Gasteiger partial charge in [-0.25, -0.2) is 13.2 Å². The summed E-state index contributed by atoms with van der Waals surface area (Å²) in [7, 11) is -3.77. The maximum absolute atomic E-state index is 12.7. The minimum atomic E-state index is -3.77. The molecule has 2 rings (SSSR count). The zero-order chi connectivity index (χ0) is 19.3. The highest BCUT2D eigenvalue weighted by Gasteiger charge is 2.28. The lowest BCUT2D eigenvalue weighted by Crippen LogP contribution is -2.40. The molecule has 1 aromatic carbocycles. The van der Waals surface area contributed by atoms with Gasteiger partial charge in [0, 0.05) is 19.1 Å². The van der Waals surface area contributed by atoms with E-state index in [1.54, 1.807) is 13.8 Å². The molecule has 1 aliphatic rings. The number of esters is 1. The Balaban J connectivity index is 2.16. The molecule has 1 saturated heterocycles. The molecular weight excluding hydrogens is 384 g/mol. The highest BCUT2D eigenvalue weighted by atomic mass is 35.5. The van der Waals surface area contributed by atoms with E-state index in [4.69, 9.17) is 21.1 Å². The number of carbonyl (C=O) groups excluding carboxylic acids is 2. The third kappa shape index (κ3) is 5.16. The van der Waals surface area contributed by atoms with Crippen molar-refractivity contribution in [1.82, 2.24) is 9.62 Å². The molecule has 0 spiro atoms. The Morgan fingerprint density at radius 3 is 2.58 bits per heavy atom. The summed E-state index contributed by atoms with van der Waals surface area (Å²) < 4.78 is 36.7. The summed E-state index contributed by atoms with van der Waals surface area (Å²) in [6.45, 7) is 4.17. The van der Waals surface area contributed by atoms with Crippen molar-refractivity contribution in [3.05, 3.63) is 28.8 Å². The van der Waals surface area contributed by atoms with Gasteiger partial charge in [0.05, 0.1) is 28.7 Å². The second-order valence-corrected chi connectivity index (χ2v) is 8.30. The molecular formula is C16H21ClN2O6S. The minimum Gasteiger partial charge on any atom is -0.452 e. The molecule has 0 radical (unpaired) electrons. The van der Waals surface area contributed by atoms with Gasteiger partial charge in [0.25, 0.3) is 5.91 Å². The molecule has 0 aliphatic carbocycles. The Morgan fingerprint density at radius 2 is 1.96 bits per heavy atom. The number of amides is 1. The largest absolute Gasteiger partial charge is 0.452 e. The van der Waals surface area contributed by atoms with Crippen molar-refractivity contribution in [2.45, 2.75) is 24.8 Å². The predicted octanol–water partition coefficient (Wildman–Crippen LogP) is 1.04. The van der Waals surface area contributed by atoms with Crippen molar-refractivity contribution in [2.75, 3.05) is 32.9 Å². The number of nitrogens with zero attached hydrogens (tertiary/aromatic N) is 1. The van der Waals surface area contributed by atoms with Crippen LogP contribution in [0.2, 0.25) is 5.02 Å². The number of hydrogen-bond acceptors (Lipinski definition) is 6. The maximum atomic E-state index is 12.7. The van der Waals surface area contributed by atoms with Gasteiger partial charge in [0.15, 0.2) is 6.61 Å². The maximum Gasteiger partial charge on any atom is 0.340 e. The highest BCUT2D eigenvalue weighted by Crippen LogP contribution is 2.24. The van der Waals surface area contributed by atoms with E-state index in [-0.39, 0.29) is 34.6 Å². The monoisotopic (exact) mass is 404 g/mol. The third-order valence-electron chi connectivity index (χ3n) is 3.55. The van der Waals surface area contributed by atoms with Gasteiger partial charge in [-0.15, -0.1) is 0 Å². The summed E-state index contributed by atoms with van der Waals surface area (Å²) in [5.74, 6) is -1.32. The summed E-state index contributed by atoms with van der Waals surface area (Å²) in [4.78, 5) is 23.7. The lowest BCUT2D eigenvalue weighted by atomic mass is 10.2. The van der Waals surface area contributed by atoms with Gasteiger partial charge in [-0.05, 0) is 32.0 Å². The first kappa shape index (κ1) is 20.6. The normalized spacial score (nSPS) is 15.7. The number of hydrogen-bond donors (Lipinski definition) is 1. The predicted molar refractivity (Wildman–Crippen MR) is 94.6 cm³/mol. The molecule has 1 fully saturated rings. The first-order valence-corrected chi connectivity index (χ1v) is 9.87. The van der Waals surface area contributed by atoms with E-state index in [1.807, 2.05) is 0 Å². The van der Waals surface area contributed by atoms with E-state index in [2.05, 4.69) is 5.32 Å². The molecule has 0 saturated carbocycles. The van der Waals surface area contributed by atoms with Crippen molar-refractivity contribution < 1.29 is 27.5 Å². The number of morpholine rings is 1. The molecule has 0 bridgehead atoms. The number of sulfonamides is 1. The fourth-order valence-electron chi connectivity index (χ4n) is 2.33. The van der Waals surface area contributed by atoms with E-state index in [1.165, 1.54) is 16.4 Å². The summed E-state index contributed by atoms with van der Waals surface area (Å²) in [5.41, 5.74) is -0.113.